The van der Waals surface area contributed by atoms with Gasteiger partial charge in [0.05, 0.1) is 11.4 Å². The normalized spacial score (nSPS) is 11.1. The maximum Gasteiger partial charge on any atom is 0.194 e. The summed E-state index contributed by atoms with van der Waals surface area (Å²) in [6.45, 7) is 2.02. The van der Waals surface area contributed by atoms with Crippen molar-refractivity contribution < 1.29 is 0 Å². The van der Waals surface area contributed by atoms with Gasteiger partial charge in [0.25, 0.3) is 0 Å². The second kappa shape index (κ2) is 3.57. The van der Waals surface area contributed by atoms with Crippen LogP contribution in [0.5, 0.6) is 0 Å². The number of nitrogens with zero attached hydrogens (tertiary/aromatic N) is 3. The SMILES string of the molecule is CNc1nc(-c2c(C)nc3sccn23)cs1. The van der Waals surface area contributed by atoms with Crippen LogP contribution < -0.4 is 5.32 Å². The predicted molar refractivity (Wildman–Crippen MR) is 68.5 cm³/mol. The summed E-state index contributed by atoms with van der Waals surface area (Å²) < 4.78 is 2.09. The molecule has 0 saturated carbocycles. The van der Waals surface area contributed by atoms with Crippen LogP contribution in [0.15, 0.2) is 17.0 Å². The fraction of sp³-hybridized carbons (Fsp3) is 0.200. The number of imidazole rings is 1. The van der Waals surface area contributed by atoms with Crippen LogP contribution in [-0.2, 0) is 0 Å². The molecule has 3 aromatic rings. The molecule has 3 heterocycles. The Balaban J connectivity index is 2.23. The first-order valence-electron chi connectivity index (χ1n) is 4.85. The molecule has 0 atom stereocenters. The highest BCUT2D eigenvalue weighted by molar-refractivity contribution is 7.15. The minimum Gasteiger partial charge on any atom is -0.365 e. The molecule has 0 fully saturated rings. The van der Waals surface area contributed by atoms with Crippen LogP contribution in [-0.4, -0.2) is 21.4 Å². The van der Waals surface area contributed by atoms with Crippen molar-refractivity contribution in [2.75, 3.05) is 12.4 Å². The van der Waals surface area contributed by atoms with Gasteiger partial charge in [0.2, 0.25) is 0 Å². The third-order valence-electron chi connectivity index (χ3n) is 2.40. The number of nitrogens with one attached hydrogen (secondary N) is 1. The lowest BCUT2D eigenvalue weighted by Gasteiger charge is -1.95. The van der Waals surface area contributed by atoms with Crippen LogP contribution in [0.4, 0.5) is 5.13 Å². The van der Waals surface area contributed by atoms with Crippen LogP contribution >= 0.6 is 22.7 Å². The number of aromatic nitrogens is 3. The van der Waals surface area contributed by atoms with Crippen LogP contribution in [0.1, 0.15) is 5.69 Å². The molecule has 3 rings (SSSR count). The minimum atomic E-state index is 0.930. The van der Waals surface area contributed by atoms with E-state index in [9.17, 15) is 0 Å². The zero-order valence-corrected chi connectivity index (χ0v) is 10.5. The summed E-state index contributed by atoms with van der Waals surface area (Å²) in [7, 11) is 1.88. The molecule has 3 aromatic heterocycles. The molecule has 0 aliphatic rings. The molecule has 4 nitrogen and oxygen atoms in total. The molecule has 0 radical (unpaired) electrons. The molecule has 0 aromatic carbocycles. The molecule has 6 heteroatoms. The number of aryl methyl sites for hydroxylation is 1. The standard InChI is InChI=1S/C10H10N4S2/c1-6-8(7-5-16-9(11-2)13-7)14-3-4-15-10(14)12-6/h3-5H,1-2H3,(H,11,13). The molecule has 16 heavy (non-hydrogen) atoms. The highest BCUT2D eigenvalue weighted by atomic mass is 32.1. The second-order valence-electron chi connectivity index (χ2n) is 3.39. The first kappa shape index (κ1) is 9.80. The Labute approximate surface area is 101 Å². The van der Waals surface area contributed by atoms with Gasteiger partial charge < -0.3 is 5.32 Å². The van der Waals surface area contributed by atoms with Gasteiger partial charge in [-0.2, -0.15) is 0 Å². The van der Waals surface area contributed by atoms with Gasteiger partial charge in [-0.1, -0.05) is 0 Å². The summed E-state index contributed by atoms with van der Waals surface area (Å²) in [5.74, 6) is 0. The summed E-state index contributed by atoms with van der Waals surface area (Å²) in [4.78, 5) is 10.0. The molecular weight excluding hydrogens is 240 g/mol. The van der Waals surface area contributed by atoms with Gasteiger partial charge in [0.1, 0.15) is 5.69 Å². The lowest BCUT2D eigenvalue weighted by molar-refractivity contribution is 1.20. The Morgan fingerprint density at radius 2 is 2.19 bits per heavy atom. The third-order valence-corrected chi connectivity index (χ3v) is 4.01. The van der Waals surface area contributed by atoms with Gasteiger partial charge in [-0.25, -0.2) is 9.97 Å². The molecule has 0 amide bonds. The summed E-state index contributed by atoms with van der Waals surface area (Å²) in [6.07, 6.45) is 2.04. The molecule has 0 unspecified atom stereocenters. The first-order chi connectivity index (χ1) is 7.79. The van der Waals surface area contributed by atoms with Gasteiger partial charge in [-0.3, -0.25) is 4.40 Å². The molecule has 0 saturated heterocycles. The van der Waals surface area contributed by atoms with E-state index in [0.717, 1.165) is 27.2 Å². The smallest absolute Gasteiger partial charge is 0.194 e. The van der Waals surface area contributed by atoms with Gasteiger partial charge in [0.15, 0.2) is 10.1 Å². The van der Waals surface area contributed by atoms with E-state index in [2.05, 4.69) is 25.1 Å². The Morgan fingerprint density at radius 3 is 2.94 bits per heavy atom. The number of hydrogen-bond acceptors (Lipinski definition) is 5. The number of anilines is 1. The van der Waals surface area contributed by atoms with Crippen molar-refractivity contribution in [2.45, 2.75) is 6.92 Å². The molecule has 0 aliphatic heterocycles. The average Bonchev–Trinajstić information content (AvgIpc) is 2.92. The fourth-order valence-electron chi connectivity index (χ4n) is 1.70. The number of fused-ring (bicyclic) bond motifs is 1. The van der Waals surface area contributed by atoms with Crippen molar-refractivity contribution in [3.05, 3.63) is 22.7 Å². The molecule has 0 spiro atoms. The summed E-state index contributed by atoms with van der Waals surface area (Å²) >= 11 is 3.25. The van der Waals surface area contributed by atoms with Crippen LogP contribution in [0.2, 0.25) is 0 Å². The lowest BCUT2D eigenvalue weighted by Crippen LogP contribution is -1.89. The van der Waals surface area contributed by atoms with Gasteiger partial charge in [0, 0.05) is 24.0 Å². The van der Waals surface area contributed by atoms with E-state index in [0.29, 0.717) is 0 Å². The highest BCUT2D eigenvalue weighted by Gasteiger charge is 2.14. The predicted octanol–water partition coefficient (Wildman–Crippen LogP) is 2.87. The number of hydrogen-bond donors (Lipinski definition) is 1. The van der Waals surface area contributed by atoms with E-state index >= 15 is 0 Å². The van der Waals surface area contributed by atoms with Crippen molar-refractivity contribution in [1.29, 1.82) is 0 Å². The number of thiazole rings is 2. The van der Waals surface area contributed by atoms with Crippen molar-refractivity contribution in [2.24, 2.45) is 0 Å². The number of rotatable bonds is 2. The van der Waals surface area contributed by atoms with Crippen LogP contribution in [0.25, 0.3) is 16.3 Å². The Bertz CT molecular complexity index is 634. The second-order valence-corrected chi connectivity index (χ2v) is 5.12. The molecule has 0 bridgehead atoms. The fourth-order valence-corrected chi connectivity index (χ4v) is 3.12. The largest absolute Gasteiger partial charge is 0.365 e. The van der Waals surface area contributed by atoms with Crippen molar-refractivity contribution in [3.8, 4) is 11.4 Å². The highest BCUT2D eigenvalue weighted by Crippen LogP contribution is 2.29. The van der Waals surface area contributed by atoms with Crippen molar-refractivity contribution in [3.63, 3.8) is 0 Å². The van der Waals surface area contributed by atoms with Crippen molar-refractivity contribution >= 4 is 32.8 Å². The monoisotopic (exact) mass is 250 g/mol. The Hall–Kier alpha value is -1.40. The lowest BCUT2D eigenvalue weighted by atomic mass is 10.3. The van der Waals surface area contributed by atoms with E-state index in [-0.39, 0.29) is 0 Å². The first-order valence-corrected chi connectivity index (χ1v) is 6.61. The summed E-state index contributed by atoms with van der Waals surface area (Å²) in [6, 6.07) is 0. The minimum absolute atomic E-state index is 0.930. The van der Waals surface area contributed by atoms with E-state index in [1.54, 1.807) is 22.7 Å². The van der Waals surface area contributed by atoms with E-state index in [1.165, 1.54) is 0 Å². The van der Waals surface area contributed by atoms with E-state index in [4.69, 9.17) is 0 Å². The third kappa shape index (κ3) is 1.34. The zero-order valence-electron chi connectivity index (χ0n) is 8.89. The van der Waals surface area contributed by atoms with E-state index < -0.39 is 0 Å². The molecule has 1 N–H and O–H groups in total. The quantitative estimate of drug-likeness (QED) is 0.760. The topological polar surface area (TPSA) is 42.2 Å². The summed E-state index contributed by atoms with van der Waals surface area (Å²) in [5, 5.41) is 8.07. The van der Waals surface area contributed by atoms with Gasteiger partial charge in [-0.15, -0.1) is 22.7 Å². The van der Waals surface area contributed by atoms with Gasteiger partial charge >= 0.3 is 0 Å². The molecule has 82 valence electrons. The average molecular weight is 250 g/mol. The zero-order chi connectivity index (χ0) is 11.1. The molecular formula is C10H10N4S2. The van der Waals surface area contributed by atoms with Gasteiger partial charge in [-0.05, 0) is 6.92 Å². The summed E-state index contributed by atoms with van der Waals surface area (Å²) in [5.41, 5.74) is 3.10. The Morgan fingerprint density at radius 1 is 1.31 bits per heavy atom. The van der Waals surface area contributed by atoms with E-state index in [1.807, 2.05) is 25.5 Å². The Kier molecular flexibility index (Phi) is 2.19. The van der Waals surface area contributed by atoms with Crippen LogP contribution in [0, 0.1) is 6.92 Å². The van der Waals surface area contributed by atoms with Crippen LogP contribution in [0.3, 0.4) is 0 Å². The maximum absolute atomic E-state index is 4.51. The maximum atomic E-state index is 4.51. The molecule has 0 aliphatic carbocycles. The van der Waals surface area contributed by atoms with Crippen molar-refractivity contribution in [1.82, 2.24) is 14.4 Å².